The summed E-state index contributed by atoms with van der Waals surface area (Å²) in [6.07, 6.45) is 4.36. The number of hydrogen-bond acceptors (Lipinski definition) is 4. The van der Waals surface area contributed by atoms with E-state index in [-0.39, 0.29) is 46.5 Å². The highest BCUT2D eigenvalue weighted by atomic mass is 28.4. The predicted octanol–water partition coefficient (Wildman–Crippen LogP) is 7.30. The normalized spacial score (nSPS) is 26.1. The number of hydrogen-bond donors (Lipinski definition) is 1. The molecule has 1 N–H and O–H groups in total. The second kappa shape index (κ2) is 10.3. The molecule has 190 valence electrons. The number of rotatable bonds is 11. The molecule has 1 aliphatic rings. The molecular weight excluding hydrogens is 432 g/mol. The maximum absolute atomic E-state index is 9.41. The van der Waals surface area contributed by atoms with E-state index in [0.29, 0.717) is 0 Å². The van der Waals surface area contributed by atoms with Crippen molar-refractivity contribution in [2.45, 2.75) is 142 Å². The molecule has 0 radical (unpaired) electrons. The van der Waals surface area contributed by atoms with Crippen molar-refractivity contribution in [2.24, 2.45) is 5.92 Å². The monoisotopic (exact) mass is 486 g/mol. The molecule has 0 bridgehead atoms. The fourth-order valence-electron chi connectivity index (χ4n) is 3.83. The van der Waals surface area contributed by atoms with Gasteiger partial charge in [0, 0.05) is 6.10 Å². The van der Waals surface area contributed by atoms with Gasteiger partial charge < -0.3 is 18.7 Å². The first-order valence-corrected chi connectivity index (χ1v) is 18.3. The molecule has 0 aromatic carbocycles. The van der Waals surface area contributed by atoms with Crippen LogP contribution in [0.1, 0.15) is 82.1 Å². The topological polar surface area (TPSA) is 51.2 Å². The van der Waals surface area contributed by atoms with Gasteiger partial charge in [-0.1, -0.05) is 60.1 Å². The van der Waals surface area contributed by atoms with Crippen LogP contribution in [0.2, 0.25) is 36.3 Å². The van der Waals surface area contributed by atoms with Crippen molar-refractivity contribution in [3.8, 4) is 0 Å². The largest absolute Gasteiger partial charge is 0.414 e. The van der Waals surface area contributed by atoms with Crippen LogP contribution in [0.15, 0.2) is 11.6 Å². The molecule has 0 aliphatic carbocycles. The Morgan fingerprint density at radius 3 is 1.88 bits per heavy atom. The maximum Gasteiger partial charge on any atom is 0.192 e. The van der Waals surface area contributed by atoms with Crippen LogP contribution in [0.5, 0.6) is 0 Å². The minimum absolute atomic E-state index is 0.0292. The summed E-state index contributed by atoms with van der Waals surface area (Å²) in [4.78, 5) is 0. The van der Waals surface area contributed by atoms with Crippen LogP contribution in [0.25, 0.3) is 0 Å². The molecule has 0 amide bonds. The first-order valence-electron chi connectivity index (χ1n) is 12.5. The fraction of sp³-hybridized carbons (Fsp3) is 0.923. The number of aliphatic hydroxyl groups is 1. The molecular formula is C26H54O4Si2. The molecule has 1 fully saturated rings. The Hall–Kier alpha value is 0.0138. The first-order chi connectivity index (χ1) is 14.1. The standard InChI is InChI=1S/C26H54O4Si2/c1-19(17-26(10)23(18-27)28-26)15-20(2)22(30-32(13,14)25(7,8)9)16-21(3)29-31(11,12)24(4,5)6/h15,20-23,27H,16-18H2,1-14H3/b19-15+/t20-,21-,22-,23-,26+/m1/s1. The molecule has 1 heterocycles. The highest BCUT2D eigenvalue weighted by molar-refractivity contribution is 6.74. The van der Waals surface area contributed by atoms with Gasteiger partial charge in [0.1, 0.15) is 6.10 Å². The van der Waals surface area contributed by atoms with Gasteiger partial charge in [-0.3, -0.25) is 0 Å². The predicted molar refractivity (Wildman–Crippen MR) is 142 cm³/mol. The van der Waals surface area contributed by atoms with Gasteiger partial charge >= 0.3 is 0 Å². The Kier molecular flexibility index (Phi) is 9.70. The second-order valence-electron chi connectivity index (χ2n) is 13.5. The zero-order valence-electron chi connectivity index (χ0n) is 23.7. The van der Waals surface area contributed by atoms with Crippen LogP contribution in [0.3, 0.4) is 0 Å². The van der Waals surface area contributed by atoms with E-state index in [0.717, 1.165) is 12.8 Å². The molecule has 6 heteroatoms. The van der Waals surface area contributed by atoms with Gasteiger partial charge in [-0.05, 0) is 75.8 Å². The first kappa shape index (κ1) is 30.0. The molecule has 0 unspecified atom stereocenters. The summed E-state index contributed by atoms with van der Waals surface area (Å²) in [5.74, 6) is 0.282. The van der Waals surface area contributed by atoms with Gasteiger partial charge in [0.15, 0.2) is 16.6 Å². The molecule has 1 rings (SSSR count). The van der Waals surface area contributed by atoms with E-state index >= 15 is 0 Å². The molecule has 4 nitrogen and oxygen atoms in total. The van der Waals surface area contributed by atoms with Crippen molar-refractivity contribution in [3.63, 3.8) is 0 Å². The molecule has 1 aliphatic heterocycles. The lowest BCUT2D eigenvalue weighted by atomic mass is 9.93. The Labute approximate surface area is 201 Å². The van der Waals surface area contributed by atoms with E-state index in [2.05, 4.69) is 102 Å². The van der Waals surface area contributed by atoms with Gasteiger partial charge in [-0.2, -0.15) is 0 Å². The summed E-state index contributed by atoms with van der Waals surface area (Å²) in [6, 6.07) is 0. The molecule has 32 heavy (non-hydrogen) atoms. The molecule has 0 aromatic heterocycles. The van der Waals surface area contributed by atoms with Crippen LogP contribution >= 0.6 is 0 Å². The Morgan fingerprint density at radius 1 is 1.00 bits per heavy atom. The average molecular weight is 487 g/mol. The van der Waals surface area contributed by atoms with E-state index < -0.39 is 16.6 Å². The maximum atomic E-state index is 9.41. The summed E-state index contributed by atoms with van der Waals surface area (Å²) in [6.45, 7) is 32.0. The lowest BCUT2D eigenvalue weighted by Gasteiger charge is -2.43. The lowest BCUT2D eigenvalue weighted by molar-refractivity contribution is 0.0798. The highest BCUT2D eigenvalue weighted by Gasteiger charge is 2.51. The fourth-order valence-corrected chi connectivity index (χ4v) is 6.70. The lowest BCUT2D eigenvalue weighted by Crippen LogP contribution is -2.48. The van der Waals surface area contributed by atoms with Crippen LogP contribution in [0.4, 0.5) is 0 Å². The Balaban J connectivity index is 3.03. The summed E-state index contributed by atoms with van der Waals surface area (Å²) in [7, 11) is -3.76. The van der Waals surface area contributed by atoms with Crippen molar-refractivity contribution in [2.75, 3.05) is 6.61 Å². The Morgan fingerprint density at radius 2 is 1.47 bits per heavy atom. The molecule has 0 aromatic rings. The van der Waals surface area contributed by atoms with E-state index in [1.54, 1.807) is 0 Å². The Bertz CT molecular complexity index is 645. The van der Waals surface area contributed by atoms with Gasteiger partial charge in [0.2, 0.25) is 0 Å². The molecule has 0 saturated carbocycles. The van der Waals surface area contributed by atoms with E-state index in [1.807, 2.05) is 0 Å². The van der Waals surface area contributed by atoms with Gasteiger partial charge in [-0.15, -0.1) is 0 Å². The second-order valence-corrected chi connectivity index (χ2v) is 23.0. The molecule has 0 spiro atoms. The zero-order valence-corrected chi connectivity index (χ0v) is 25.7. The molecule has 1 saturated heterocycles. The van der Waals surface area contributed by atoms with Crippen molar-refractivity contribution in [3.05, 3.63) is 11.6 Å². The quantitative estimate of drug-likeness (QED) is 0.189. The van der Waals surface area contributed by atoms with Gasteiger partial charge in [-0.25, -0.2) is 0 Å². The molecule has 5 atom stereocenters. The minimum atomic E-state index is -1.93. The van der Waals surface area contributed by atoms with Crippen LogP contribution < -0.4 is 0 Å². The SMILES string of the molecule is C/C(=C\[C@@H](C)[C@@H](C[C@@H](C)O[Si](C)(C)C(C)(C)C)O[Si](C)(C)C(C)(C)C)C[C@]1(C)O[C@@H]1CO. The summed E-state index contributed by atoms with van der Waals surface area (Å²) in [5, 5.41) is 9.77. The van der Waals surface area contributed by atoms with E-state index in [4.69, 9.17) is 13.6 Å². The number of ether oxygens (including phenoxy) is 1. The number of aliphatic hydroxyl groups excluding tert-OH is 1. The van der Waals surface area contributed by atoms with Crippen molar-refractivity contribution in [1.82, 2.24) is 0 Å². The summed E-state index contributed by atoms with van der Waals surface area (Å²) < 4.78 is 19.4. The third-order valence-corrected chi connectivity index (χ3v) is 17.2. The highest BCUT2D eigenvalue weighted by Crippen LogP contribution is 2.43. The van der Waals surface area contributed by atoms with Crippen molar-refractivity contribution in [1.29, 1.82) is 0 Å². The van der Waals surface area contributed by atoms with Crippen LogP contribution in [-0.4, -0.2) is 52.3 Å². The van der Waals surface area contributed by atoms with Crippen molar-refractivity contribution < 1.29 is 18.7 Å². The third kappa shape index (κ3) is 8.05. The van der Waals surface area contributed by atoms with E-state index in [1.165, 1.54) is 5.57 Å². The van der Waals surface area contributed by atoms with E-state index in [9.17, 15) is 5.11 Å². The summed E-state index contributed by atoms with van der Waals surface area (Å²) in [5.41, 5.74) is 1.08. The van der Waals surface area contributed by atoms with Crippen molar-refractivity contribution >= 4 is 16.6 Å². The van der Waals surface area contributed by atoms with Gasteiger partial charge in [0.25, 0.3) is 0 Å². The average Bonchev–Trinajstić information content (AvgIpc) is 3.20. The van der Waals surface area contributed by atoms with Crippen LogP contribution in [0, 0.1) is 5.92 Å². The zero-order chi connectivity index (χ0) is 25.3. The number of epoxide rings is 1. The third-order valence-electron chi connectivity index (χ3n) is 8.08. The van der Waals surface area contributed by atoms with Crippen LogP contribution in [-0.2, 0) is 13.6 Å². The van der Waals surface area contributed by atoms with Gasteiger partial charge in [0.05, 0.1) is 18.3 Å². The summed E-state index contributed by atoms with van der Waals surface area (Å²) >= 11 is 0. The minimum Gasteiger partial charge on any atom is -0.414 e. The smallest absolute Gasteiger partial charge is 0.192 e.